The molecule has 0 fully saturated rings. The normalized spacial score (nSPS) is 12.1. The number of hydrogen-bond acceptors (Lipinski definition) is 14. The van der Waals surface area contributed by atoms with Crippen molar-refractivity contribution in [2.75, 3.05) is 38.0 Å². The van der Waals surface area contributed by atoms with Crippen LogP contribution in [0.15, 0.2) is 117 Å². The van der Waals surface area contributed by atoms with Crippen molar-refractivity contribution in [3.8, 4) is 20.9 Å². The zero-order valence-corrected chi connectivity index (χ0v) is 30.3. The Morgan fingerprint density at radius 1 is 0.480 bits per heavy atom. The second-order valence-electron chi connectivity index (χ2n) is 11.1. The molecule has 252 valence electrons. The van der Waals surface area contributed by atoms with Gasteiger partial charge in [0, 0.05) is 52.5 Å². The van der Waals surface area contributed by atoms with Crippen LogP contribution in [0.3, 0.4) is 0 Å². The lowest BCUT2D eigenvalue weighted by Crippen LogP contribution is -2.07. The van der Waals surface area contributed by atoms with Crippen molar-refractivity contribution in [3.63, 3.8) is 0 Å². The van der Waals surface area contributed by atoms with Crippen molar-refractivity contribution in [3.05, 3.63) is 125 Å². The maximum absolute atomic E-state index is 11.1. The van der Waals surface area contributed by atoms with Crippen molar-refractivity contribution in [2.24, 2.45) is 20.2 Å². The molecule has 0 saturated carbocycles. The van der Waals surface area contributed by atoms with Gasteiger partial charge in [-0.3, -0.25) is 20.2 Å². The van der Waals surface area contributed by atoms with Gasteiger partial charge in [0.15, 0.2) is 7.97 Å². The van der Waals surface area contributed by atoms with E-state index < -0.39 is 9.85 Å². The molecule has 50 heavy (non-hydrogen) atoms. The summed E-state index contributed by atoms with van der Waals surface area (Å²) in [6.45, 7) is 0. The van der Waals surface area contributed by atoms with Crippen LogP contribution in [0.5, 0.6) is 0 Å². The third-order valence-corrected chi connectivity index (χ3v) is 12.2. The molecule has 0 N–H and O–H groups in total. The maximum Gasteiger partial charge on any atom is 0.269 e. The van der Waals surface area contributed by atoms with Gasteiger partial charge in [0.05, 0.1) is 42.4 Å². The van der Waals surface area contributed by atoms with Crippen LogP contribution in [0.4, 0.5) is 44.1 Å². The Bertz CT molecular complexity index is 2160. The molecule has 0 spiro atoms. The van der Waals surface area contributed by atoms with Crippen LogP contribution in [-0.2, 0) is 0 Å². The second kappa shape index (κ2) is 15.0. The summed E-state index contributed by atoms with van der Waals surface area (Å²) in [6.07, 6.45) is 0. The molecule has 2 heterocycles. The standard InChI is InChI=1S/C34H28N8O4S4/c1-39(2)31-29(21-5-17-27(18-6-21)41(43)44)47-33(49-31)35-23-9-13-25(14-10-23)37-38-26-15-11-24(12-16-26)36-34-48-30(32(50-34)40(3)4)22-7-19-28(20-8-22)42(45)46/h5-20H,1-4H3. The highest BCUT2D eigenvalue weighted by molar-refractivity contribution is 7.33. The summed E-state index contributed by atoms with van der Waals surface area (Å²) < 4.78 is 1.71. The number of benzene rings is 4. The summed E-state index contributed by atoms with van der Waals surface area (Å²) >= 11 is 6.19. The fourth-order valence-corrected chi connectivity index (χ4v) is 9.51. The summed E-state index contributed by atoms with van der Waals surface area (Å²) in [7, 11) is 7.86. The van der Waals surface area contributed by atoms with Crippen molar-refractivity contribution >= 4 is 89.5 Å². The lowest BCUT2D eigenvalue weighted by Gasteiger charge is -2.11. The molecule has 2 aromatic heterocycles. The lowest BCUT2D eigenvalue weighted by atomic mass is 10.2. The van der Waals surface area contributed by atoms with Crippen LogP contribution >= 0.6 is 45.3 Å². The Kier molecular flexibility index (Phi) is 10.3. The van der Waals surface area contributed by atoms with E-state index in [9.17, 15) is 20.2 Å². The predicted octanol–water partition coefficient (Wildman–Crippen LogP) is 10.1. The molecule has 0 saturated heterocycles. The summed E-state index contributed by atoms with van der Waals surface area (Å²) in [4.78, 5) is 37.0. The molecule has 0 aliphatic rings. The maximum atomic E-state index is 11.1. The van der Waals surface area contributed by atoms with Crippen LogP contribution in [0.2, 0.25) is 0 Å². The predicted molar refractivity (Wildman–Crippen MR) is 205 cm³/mol. The first-order chi connectivity index (χ1) is 24.0. The van der Waals surface area contributed by atoms with Crippen LogP contribution in [0, 0.1) is 20.2 Å². The SMILES string of the molecule is CN(C)c1sc(=Nc2ccc(N=Nc3ccc(N=c4sc(-c5ccc([N+](=O)[O-])cc5)c(N(C)C)s4)cc3)cc2)sc1-c1ccc([N+](=O)[O-])cc1. The minimum atomic E-state index is -0.401. The molecule has 0 radical (unpaired) electrons. The Morgan fingerprint density at radius 2 is 0.800 bits per heavy atom. The number of nitro groups is 2. The van der Waals surface area contributed by atoms with Gasteiger partial charge in [0.1, 0.15) is 10.0 Å². The Hall–Kier alpha value is -5.42. The fraction of sp³-hybridized carbons (Fsp3) is 0.118. The van der Waals surface area contributed by atoms with Gasteiger partial charge in [0.25, 0.3) is 11.4 Å². The number of azo groups is 1. The number of nitro benzene ring substituents is 2. The smallest absolute Gasteiger partial charge is 0.269 e. The van der Waals surface area contributed by atoms with Crippen molar-refractivity contribution < 1.29 is 9.85 Å². The third kappa shape index (κ3) is 8.06. The largest absolute Gasteiger partial charge is 0.368 e. The molecule has 0 bridgehead atoms. The first-order valence-electron chi connectivity index (χ1n) is 14.9. The molecular weight excluding hydrogens is 713 g/mol. The van der Waals surface area contributed by atoms with Gasteiger partial charge in [-0.15, -0.1) is 22.7 Å². The molecule has 6 aromatic rings. The van der Waals surface area contributed by atoms with E-state index in [-0.39, 0.29) is 11.4 Å². The Morgan fingerprint density at radius 3 is 1.10 bits per heavy atom. The summed E-state index contributed by atoms with van der Waals surface area (Å²) in [5, 5.41) is 33.0. The number of rotatable bonds is 10. The van der Waals surface area contributed by atoms with Gasteiger partial charge < -0.3 is 9.80 Å². The summed E-state index contributed by atoms with van der Waals surface area (Å²) in [6, 6.07) is 28.1. The molecule has 0 atom stereocenters. The average Bonchev–Trinajstić information content (AvgIpc) is 3.74. The number of nitrogens with zero attached hydrogens (tertiary/aromatic N) is 8. The van der Waals surface area contributed by atoms with Crippen molar-refractivity contribution in [2.45, 2.75) is 0 Å². The van der Waals surface area contributed by atoms with Gasteiger partial charge in [-0.05, 0) is 83.9 Å². The molecule has 0 aliphatic heterocycles. The van der Waals surface area contributed by atoms with E-state index in [1.54, 1.807) is 46.9 Å². The highest BCUT2D eigenvalue weighted by Crippen LogP contribution is 2.38. The molecule has 6 rings (SSSR count). The van der Waals surface area contributed by atoms with E-state index >= 15 is 0 Å². The highest BCUT2D eigenvalue weighted by atomic mass is 32.2. The van der Waals surface area contributed by atoms with E-state index in [0.717, 1.165) is 50.2 Å². The third-order valence-electron chi connectivity index (χ3n) is 7.05. The number of anilines is 2. The zero-order chi connectivity index (χ0) is 35.4. The van der Waals surface area contributed by atoms with E-state index in [1.165, 1.54) is 46.9 Å². The van der Waals surface area contributed by atoms with Gasteiger partial charge in [-0.2, -0.15) is 10.2 Å². The van der Waals surface area contributed by atoms with Gasteiger partial charge in [0.2, 0.25) is 0 Å². The van der Waals surface area contributed by atoms with Gasteiger partial charge >= 0.3 is 0 Å². The Labute approximate surface area is 302 Å². The van der Waals surface area contributed by atoms with E-state index in [1.807, 2.05) is 86.5 Å². The molecule has 0 amide bonds. The van der Waals surface area contributed by atoms with E-state index in [0.29, 0.717) is 11.4 Å². The molecule has 4 aromatic carbocycles. The minimum Gasteiger partial charge on any atom is -0.368 e. The molecule has 0 unspecified atom stereocenters. The second-order valence-corrected chi connectivity index (χ2v) is 15.5. The first kappa shape index (κ1) is 34.4. The average molecular weight is 741 g/mol. The first-order valence-corrected chi connectivity index (χ1v) is 18.1. The molecule has 12 nitrogen and oxygen atoms in total. The zero-order valence-electron chi connectivity index (χ0n) is 27.1. The van der Waals surface area contributed by atoms with Crippen LogP contribution in [0.25, 0.3) is 20.9 Å². The van der Waals surface area contributed by atoms with Crippen LogP contribution in [0.1, 0.15) is 0 Å². The lowest BCUT2D eigenvalue weighted by molar-refractivity contribution is -0.385. The van der Waals surface area contributed by atoms with Crippen LogP contribution < -0.4 is 17.8 Å². The highest BCUT2D eigenvalue weighted by Gasteiger charge is 2.15. The topological polar surface area (TPSA) is 142 Å². The molecule has 0 aliphatic carbocycles. The molecule has 16 heteroatoms. The molecular formula is C34H28N8O4S4. The van der Waals surface area contributed by atoms with E-state index in [2.05, 4.69) is 10.2 Å². The number of hydrogen-bond donors (Lipinski definition) is 0. The minimum absolute atomic E-state index is 0.0570. The van der Waals surface area contributed by atoms with Crippen molar-refractivity contribution in [1.82, 2.24) is 0 Å². The monoisotopic (exact) mass is 740 g/mol. The van der Waals surface area contributed by atoms with Crippen LogP contribution in [-0.4, -0.2) is 38.0 Å². The van der Waals surface area contributed by atoms with Gasteiger partial charge in [-0.1, -0.05) is 22.7 Å². The summed E-state index contributed by atoms with van der Waals surface area (Å²) in [5.74, 6) is 0. The Balaban J connectivity index is 1.16. The van der Waals surface area contributed by atoms with Gasteiger partial charge in [-0.25, -0.2) is 9.98 Å². The number of non-ortho nitro benzene ring substituents is 2. The summed E-state index contributed by atoms with van der Waals surface area (Å²) in [5.41, 5.74) is 4.83. The fourth-order valence-electron chi connectivity index (χ4n) is 4.59. The van der Waals surface area contributed by atoms with E-state index in [4.69, 9.17) is 9.98 Å². The van der Waals surface area contributed by atoms with Crippen molar-refractivity contribution in [1.29, 1.82) is 0 Å². The quantitative estimate of drug-likeness (QED) is 0.0777.